The van der Waals surface area contributed by atoms with Crippen LogP contribution in [0.25, 0.3) is 11.3 Å². The molecule has 0 aliphatic rings. The first-order valence-electron chi connectivity index (χ1n) is 4.31. The molecule has 3 N–H and O–H groups in total. The van der Waals surface area contributed by atoms with Gasteiger partial charge in [-0.1, -0.05) is 11.2 Å². The molecule has 82 valence electrons. The largest absolute Gasteiger partial charge is 0.504 e. The first kappa shape index (κ1) is 10.0. The van der Waals surface area contributed by atoms with Gasteiger partial charge in [-0.3, -0.25) is 0 Å². The molecule has 1 aromatic carbocycles. The molecule has 6 heteroatoms. The molecular formula is C10H7NO5. The van der Waals surface area contributed by atoms with E-state index in [1.807, 2.05) is 0 Å². The Kier molecular flexibility index (Phi) is 2.24. The zero-order valence-electron chi connectivity index (χ0n) is 7.91. The van der Waals surface area contributed by atoms with Crippen LogP contribution < -0.4 is 0 Å². The fraction of sp³-hybridized carbons (Fsp3) is 0. The summed E-state index contributed by atoms with van der Waals surface area (Å²) in [5, 5.41) is 30.7. The van der Waals surface area contributed by atoms with Crippen molar-refractivity contribution < 1.29 is 24.6 Å². The molecule has 0 saturated heterocycles. The second kappa shape index (κ2) is 3.58. The Bertz CT molecular complexity index is 546. The topological polar surface area (TPSA) is 104 Å². The van der Waals surface area contributed by atoms with E-state index in [0.717, 1.165) is 6.07 Å². The van der Waals surface area contributed by atoms with Crippen LogP contribution in [0.1, 0.15) is 10.5 Å². The maximum atomic E-state index is 10.6. The molecule has 1 heterocycles. The van der Waals surface area contributed by atoms with E-state index in [0.29, 0.717) is 0 Å². The molecular weight excluding hydrogens is 214 g/mol. The van der Waals surface area contributed by atoms with Crippen molar-refractivity contribution in [3.05, 3.63) is 30.0 Å². The van der Waals surface area contributed by atoms with Crippen molar-refractivity contribution in [1.29, 1.82) is 0 Å². The number of carboxylic acids is 1. The number of hydrogen-bond acceptors (Lipinski definition) is 5. The maximum Gasteiger partial charge on any atom is 0.358 e. The monoisotopic (exact) mass is 221 g/mol. The standard InChI is InChI=1S/C10H7NO5/c12-7-3-1-2-5(9(7)13)8-4-6(10(14)15)11-16-8/h1-4,12-13H,(H,14,15). The van der Waals surface area contributed by atoms with Crippen molar-refractivity contribution in [3.63, 3.8) is 0 Å². The summed E-state index contributed by atoms with van der Waals surface area (Å²) in [6, 6.07) is 5.43. The van der Waals surface area contributed by atoms with Crippen LogP contribution in [0, 0.1) is 0 Å². The smallest absolute Gasteiger partial charge is 0.358 e. The van der Waals surface area contributed by atoms with E-state index in [-0.39, 0.29) is 28.5 Å². The van der Waals surface area contributed by atoms with Crippen LogP contribution >= 0.6 is 0 Å². The molecule has 0 fully saturated rings. The Balaban J connectivity index is 2.50. The number of aromatic nitrogens is 1. The lowest BCUT2D eigenvalue weighted by molar-refractivity contribution is 0.0686. The number of carboxylic acid groups (broad SMARTS) is 1. The lowest BCUT2D eigenvalue weighted by Crippen LogP contribution is -1.94. The minimum atomic E-state index is -1.23. The number of nitrogens with zero attached hydrogens (tertiary/aromatic N) is 1. The number of phenolic OH excluding ortho intramolecular Hbond substituents is 2. The van der Waals surface area contributed by atoms with Crippen molar-refractivity contribution in [1.82, 2.24) is 5.16 Å². The van der Waals surface area contributed by atoms with Crippen LogP contribution in [0.5, 0.6) is 11.5 Å². The van der Waals surface area contributed by atoms with Gasteiger partial charge < -0.3 is 19.8 Å². The van der Waals surface area contributed by atoms with Crippen molar-refractivity contribution >= 4 is 5.97 Å². The highest BCUT2D eigenvalue weighted by molar-refractivity contribution is 5.86. The third kappa shape index (κ3) is 1.56. The molecule has 0 aliphatic heterocycles. The molecule has 0 spiro atoms. The lowest BCUT2D eigenvalue weighted by atomic mass is 10.1. The molecule has 16 heavy (non-hydrogen) atoms. The Morgan fingerprint density at radius 1 is 1.31 bits per heavy atom. The van der Waals surface area contributed by atoms with Gasteiger partial charge in [0.25, 0.3) is 0 Å². The van der Waals surface area contributed by atoms with Gasteiger partial charge in [0.2, 0.25) is 0 Å². The van der Waals surface area contributed by atoms with Gasteiger partial charge in [-0.2, -0.15) is 0 Å². The molecule has 2 aromatic rings. The summed E-state index contributed by atoms with van der Waals surface area (Å²) in [7, 11) is 0. The highest BCUT2D eigenvalue weighted by Gasteiger charge is 2.16. The van der Waals surface area contributed by atoms with E-state index >= 15 is 0 Å². The van der Waals surface area contributed by atoms with Gasteiger partial charge in [0.05, 0.1) is 5.56 Å². The normalized spacial score (nSPS) is 10.2. The zero-order valence-corrected chi connectivity index (χ0v) is 7.91. The first-order chi connectivity index (χ1) is 7.59. The third-order valence-electron chi connectivity index (χ3n) is 2.01. The first-order valence-corrected chi connectivity index (χ1v) is 4.31. The molecule has 0 amide bonds. The summed E-state index contributed by atoms with van der Waals surface area (Å²) in [4.78, 5) is 10.6. The Hall–Kier alpha value is -2.50. The Morgan fingerprint density at radius 2 is 2.06 bits per heavy atom. The van der Waals surface area contributed by atoms with E-state index in [1.165, 1.54) is 18.2 Å². The number of rotatable bonds is 2. The second-order valence-corrected chi connectivity index (χ2v) is 3.05. The summed E-state index contributed by atoms with van der Waals surface area (Å²) in [6.07, 6.45) is 0. The maximum absolute atomic E-state index is 10.6. The predicted molar refractivity (Wildman–Crippen MR) is 52.2 cm³/mol. The molecule has 2 rings (SSSR count). The number of aromatic carboxylic acids is 1. The van der Waals surface area contributed by atoms with Crippen molar-refractivity contribution in [2.45, 2.75) is 0 Å². The average molecular weight is 221 g/mol. The number of benzene rings is 1. The Labute approximate surface area is 89.4 Å². The molecule has 0 atom stereocenters. The van der Waals surface area contributed by atoms with Gasteiger partial charge in [-0.15, -0.1) is 0 Å². The van der Waals surface area contributed by atoms with Crippen LogP contribution in [0.2, 0.25) is 0 Å². The van der Waals surface area contributed by atoms with Gasteiger partial charge in [0.1, 0.15) is 0 Å². The summed E-state index contributed by atoms with van der Waals surface area (Å²) in [5.74, 6) is -1.85. The van der Waals surface area contributed by atoms with Crippen molar-refractivity contribution in [3.8, 4) is 22.8 Å². The summed E-state index contributed by atoms with van der Waals surface area (Å²) < 4.78 is 4.75. The van der Waals surface area contributed by atoms with Gasteiger partial charge in [-0.25, -0.2) is 4.79 Å². The minimum absolute atomic E-state index is 0.0748. The average Bonchev–Trinajstić information content (AvgIpc) is 2.71. The molecule has 0 unspecified atom stereocenters. The zero-order chi connectivity index (χ0) is 11.7. The molecule has 6 nitrogen and oxygen atoms in total. The van der Waals surface area contributed by atoms with Gasteiger partial charge in [-0.05, 0) is 12.1 Å². The number of hydrogen-bond donors (Lipinski definition) is 3. The second-order valence-electron chi connectivity index (χ2n) is 3.05. The number of para-hydroxylation sites is 1. The summed E-state index contributed by atoms with van der Waals surface area (Å²) in [6.45, 7) is 0. The van der Waals surface area contributed by atoms with Crippen LogP contribution in [0.3, 0.4) is 0 Å². The van der Waals surface area contributed by atoms with Crippen LogP contribution in [-0.4, -0.2) is 26.4 Å². The van der Waals surface area contributed by atoms with Crippen molar-refractivity contribution in [2.75, 3.05) is 0 Å². The van der Waals surface area contributed by atoms with E-state index in [4.69, 9.17) is 9.63 Å². The van der Waals surface area contributed by atoms with E-state index in [9.17, 15) is 15.0 Å². The molecule has 0 aliphatic carbocycles. The molecule has 0 bridgehead atoms. The van der Waals surface area contributed by atoms with Crippen LogP contribution in [0.15, 0.2) is 28.8 Å². The fourth-order valence-electron chi connectivity index (χ4n) is 1.23. The number of phenols is 2. The van der Waals surface area contributed by atoms with Gasteiger partial charge in [0, 0.05) is 6.07 Å². The SMILES string of the molecule is O=C(O)c1cc(-c2cccc(O)c2O)on1. The minimum Gasteiger partial charge on any atom is -0.504 e. The van der Waals surface area contributed by atoms with Crippen molar-refractivity contribution in [2.24, 2.45) is 0 Å². The molecule has 1 aromatic heterocycles. The van der Waals surface area contributed by atoms with Crippen LogP contribution in [0.4, 0.5) is 0 Å². The molecule has 0 radical (unpaired) electrons. The highest BCUT2D eigenvalue weighted by Crippen LogP contribution is 2.36. The fourth-order valence-corrected chi connectivity index (χ4v) is 1.23. The quantitative estimate of drug-likeness (QED) is 0.663. The van der Waals surface area contributed by atoms with Crippen LogP contribution in [-0.2, 0) is 0 Å². The van der Waals surface area contributed by atoms with E-state index < -0.39 is 5.97 Å². The van der Waals surface area contributed by atoms with Gasteiger partial charge >= 0.3 is 5.97 Å². The summed E-state index contributed by atoms with van der Waals surface area (Å²) >= 11 is 0. The Morgan fingerprint density at radius 3 is 2.69 bits per heavy atom. The molecule has 0 saturated carbocycles. The summed E-state index contributed by atoms with van der Waals surface area (Å²) in [5.41, 5.74) is -0.0854. The third-order valence-corrected chi connectivity index (χ3v) is 2.01. The predicted octanol–water partition coefficient (Wildman–Crippen LogP) is 1.45. The lowest BCUT2D eigenvalue weighted by Gasteiger charge is -2.01. The highest BCUT2D eigenvalue weighted by atomic mass is 16.5. The number of carbonyl (C=O) groups is 1. The number of aromatic hydroxyl groups is 2. The van der Waals surface area contributed by atoms with E-state index in [1.54, 1.807) is 0 Å². The van der Waals surface area contributed by atoms with Gasteiger partial charge in [0.15, 0.2) is 23.0 Å². The van der Waals surface area contributed by atoms with E-state index in [2.05, 4.69) is 5.16 Å².